The second-order valence-corrected chi connectivity index (χ2v) is 5.90. The van der Waals surface area contributed by atoms with Crippen LogP contribution in [0, 0.1) is 0 Å². The molecule has 2 rings (SSSR count). The summed E-state index contributed by atoms with van der Waals surface area (Å²) in [6.07, 6.45) is 0. The van der Waals surface area contributed by atoms with Gasteiger partial charge in [-0.05, 0) is 31.2 Å². The SMILES string of the molecule is CCOc1cc(C(C(=O)O)N2CCN(CC)CC2)cc(Cl)c1O. The lowest BCUT2D eigenvalue weighted by Crippen LogP contribution is -2.49. The van der Waals surface area contributed by atoms with E-state index in [9.17, 15) is 15.0 Å². The van der Waals surface area contributed by atoms with Gasteiger partial charge in [0.15, 0.2) is 11.5 Å². The predicted octanol–water partition coefficient (Wildman–Crippen LogP) is 2.21. The van der Waals surface area contributed by atoms with Gasteiger partial charge in [0, 0.05) is 26.2 Å². The lowest BCUT2D eigenvalue weighted by molar-refractivity contribution is -0.144. The van der Waals surface area contributed by atoms with Gasteiger partial charge in [0.25, 0.3) is 0 Å². The summed E-state index contributed by atoms with van der Waals surface area (Å²) in [6, 6.07) is 2.27. The Kier molecular flexibility index (Phi) is 6.10. The zero-order valence-electron chi connectivity index (χ0n) is 13.5. The summed E-state index contributed by atoms with van der Waals surface area (Å²) in [5.41, 5.74) is 0.522. The van der Waals surface area contributed by atoms with Gasteiger partial charge in [-0.1, -0.05) is 18.5 Å². The van der Waals surface area contributed by atoms with Crippen LogP contribution >= 0.6 is 11.6 Å². The number of nitrogens with zero attached hydrogens (tertiary/aromatic N) is 2. The third-order valence-electron chi connectivity index (χ3n) is 4.12. The predicted molar refractivity (Wildman–Crippen MR) is 88.3 cm³/mol. The fraction of sp³-hybridized carbons (Fsp3) is 0.562. The molecular formula is C16H23ClN2O4. The first kappa shape index (κ1) is 17.8. The number of carbonyl (C=O) groups is 1. The molecule has 1 aliphatic rings. The molecule has 1 fully saturated rings. The number of rotatable bonds is 6. The number of carboxylic acids is 1. The van der Waals surface area contributed by atoms with E-state index in [1.807, 2.05) is 4.90 Å². The number of phenolic OH excluding ortho intramolecular Hbond substituents is 1. The Bertz CT molecular complexity index is 559. The van der Waals surface area contributed by atoms with E-state index in [2.05, 4.69) is 11.8 Å². The third-order valence-corrected chi connectivity index (χ3v) is 4.41. The summed E-state index contributed by atoms with van der Waals surface area (Å²) in [4.78, 5) is 16.0. The minimum atomic E-state index is -0.931. The molecule has 0 amide bonds. The van der Waals surface area contributed by atoms with Crippen molar-refractivity contribution in [2.45, 2.75) is 19.9 Å². The Balaban J connectivity index is 2.29. The molecular weight excluding hydrogens is 320 g/mol. The van der Waals surface area contributed by atoms with Crippen molar-refractivity contribution >= 4 is 17.6 Å². The van der Waals surface area contributed by atoms with Crippen LogP contribution in [-0.2, 0) is 4.79 Å². The van der Waals surface area contributed by atoms with Crippen molar-refractivity contribution in [1.82, 2.24) is 9.80 Å². The molecule has 23 heavy (non-hydrogen) atoms. The van der Waals surface area contributed by atoms with E-state index >= 15 is 0 Å². The summed E-state index contributed by atoms with van der Waals surface area (Å²) < 4.78 is 5.36. The van der Waals surface area contributed by atoms with E-state index in [1.54, 1.807) is 13.0 Å². The van der Waals surface area contributed by atoms with Gasteiger partial charge in [-0.25, -0.2) is 0 Å². The van der Waals surface area contributed by atoms with Gasteiger partial charge in [-0.3, -0.25) is 9.69 Å². The van der Waals surface area contributed by atoms with Crippen LogP contribution in [0.4, 0.5) is 0 Å². The van der Waals surface area contributed by atoms with Gasteiger partial charge < -0.3 is 19.8 Å². The van der Waals surface area contributed by atoms with E-state index < -0.39 is 12.0 Å². The molecule has 0 spiro atoms. The minimum absolute atomic E-state index is 0.101. The molecule has 1 aromatic rings. The summed E-state index contributed by atoms with van der Waals surface area (Å²) >= 11 is 6.04. The first-order valence-electron chi connectivity index (χ1n) is 7.82. The zero-order chi connectivity index (χ0) is 17.0. The van der Waals surface area contributed by atoms with Crippen molar-refractivity contribution in [3.8, 4) is 11.5 Å². The van der Waals surface area contributed by atoms with Crippen LogP contribution in [0.25, 0.3) is 0 Å². The topological polar surface area (TPSA) is 73.2 Å². The highest BCUT2D eigenvalue weighted by molar-refractivity contribution is 6.32. The van der Waals surface area contributed by atoms with Crippen molar-refractivity contribution in [3.05, 3.63) is 22.7 Å². The molecule has 1 aliphatic heterocycles. The van der Waals surface area contributed by atoms with Crippen LogP contribution in [0.1, 0.15) is 25.5 Å². The maximum atomic E-state index is 11.8. The van der Waals surface area contributed by atoms with Crippen LogP contribution in [0.15, 0.2) is 12.1 Å². The first-order valence-corrected chi connectivity index (χ1v) is 8.20. The van der Waals surface area contributed by atoms with Crippen LogP contribution in [0.2, 0.25) is 5.02 Å². The number of hydrogen-bond donors (Lipinski definition) is 2. The van der Waals surface area contributed by atoms with Crippen molar-refractivity contribution in [1.29, 1.82) is 0 Å². The molecule has 1 heterocycles. The maximum Gasteiger partial charge on any atom is 0.325 e. The van der Waals surface area contributed by atoms with Crippen LogP contribution < -0.4 is 4.74 Å². The number of likely N-dealkylation sites (N-methyl/N-ethyl adjacent to an activating group) is 1. The summed E-state index contributed by atoms with van der Waals surface area (Å²) in [7, 11) is 0. The largest absolute Gasteiger partial charge is 0.503 e. The summed E-state index contributed by atoms with van der Waals surface area (Å²) in [5.74, 6) is -0.871. The Morgan fingerprint density at radius 2 is 1.96 bits per heavy atom. The lowest BCUT2D eigenvalue weighted by atomic mass is 10.0. The normalized spacial score (nSPS) is 17.9. The molecule has 0 radical (unpaired) electrons. The van der Waals surface area contributed by atoms with Gasteiger partial charge in [-0.15, -0.1) is 0 Å². The highest BCUT2D eigenvalue weighted by Crippen LogP contribution is 2.38. The van der Waals surface area contributed by atoms with Crippen molar-refractivity contribution < 1.29 is 19.7 Å². The smallest absolute Gasteiger partial charge is 0.325 e. The molecule has 0 saturated carbocycles. The second kappa shape index (κ2) is 7.86. The lowest BCUT2D eigenvalue weighted by Gasteiger charge is -2.37. The number of benzene rings is 1. The highest BCUT2D eigenvalue weighted by atomic mass is 35.5. The van der Waals surface area contributed by atoms with Crippen LogP contribution in [0.3, 0.4) is 0 Å². The van der Waals surface area contributed by atoms with Gasteiger partial charge in [0.2, 0.25) is 0 Å². The second-order valence-electron chi connectivity index (χ2n) is 5.49. The highest BCUT2D eigenvalue weighted by Gasteiger charge is 2.31. The average molecular weight is 343 g/mol. The molecule has 2 N–H and O–H groups in total. The number of piperazine rings is 1. The molecule has 6 nitrogen and oxygen atoms in total. The molecule has 1 unspecified atom stereocenters. The maximum absolute atomic E-state index is 11.8. The quantitative estimate of drug-likeness (QED) is 0.825. The van der Waals surface area contributed by atoms with E-state index in [1.165, 1.54) is 6.07 Å². The van der Waals surface area contributed by atoms with Gasteiger partial charge in [-0.2, -0.15) is 0 Å². The van der Waals surface area contributed by atoms with E-state index in [4.69, 9.17) is 16.3 Å². The minimum Gasteiger partial charge on any atom is -0.503 e. The number of halogens is 1. The Hall–Kier alpha value is -1.50. The van der Waals surface area contributed by atoms with E-state index in [0.717, 1.165) is 19.6 Å². The number of hydrogen-bond acceptors (Lipinski definition) is 5. The van der Waals surface area contributed by atoms with Crippen molar-refractivity contribution in [2.75, 3.05) is 39.3 Å². The van der Waals surface area contributed by atoms with Crippen molar-refractivity contribution in [2.24, 2.45) is 0 Å². The van der Waals surface area contributed by atoms with Crippen molar-refractivity contribution in [3.63, 3.8) is 0 Å². The number of aliphatic carboxylic acids is 1. The fourth-order valence-corrected chi connectivity index (χ4v) is 3.08. The van der Waals surface area contributed by atoms with Crippen LogP contribution in [-0.4, -0.2) is 65.3 Å². The number of phenols is 1. The Morgan fingerprint density at radius 3 is 2.48 bits per heavy atom. The molecule has 1 atom stereocenters. The van der Waals surface area contributed by atoms with Gasteiger partial charge >= 0.3 is 5.97 Å². The fourth-order valence-electron chi connectivity index (χ4n) is 2.86. The first-order chi connectivity index (χ1) is 11.0. The molecule has 128 valence electrons. The van der Waals surface area contributed by atoms with Gasteiger partial charge in [0.1, 0.15) is 6.04 Å². The number of carboxylic acid groups (broad SMARTS) is 1. The average Bonchev–Trinajstić information content (AvgIpc) is 2.53. The van der Waals surface area contributed by atoms with Gasteiger partial charge in [0.05, 0.1) is 11.6 Å². The number of aromatic hydroxyl groups is 1. The molecule has 0 aromatic heterocycles. The monoisotopic (exact) mass is 342 g/mol. The summed E-state index contributed by atoms with van der Waals surface area (Å²) in [5, 5.41) is 19.7. The molecule has 0 bridgehead atoms. The molecule has 7 heteroatoms. The Labute approximate surface area is 141 Å². The molecule has 0 aliphatic carbocycles. The van der Waals surface area contributed by atoms with E-state index in [-0.39, 0.29) is 16.5 Å². The summed E-state index contributed by atoms with van der Waals surface area (Å²) in [6.45, 7) is 8.23. The third kappa shape index (κ3) is 4.07. The van der Waals surface area contributed by atoms with E-state index in [0.29, 0.717) is 25.3 Å². The standard InChI is InChI=1S/C16H23ClN2O4/c1-3-18-5-7-19(8-6-18)14(16(21)22)11-9-12(17)15(20)13(10-11)23-4-2/h9-10,14,20H,3-8H2,1-2H3,(H,21,22). The number of ether oxygens (including phenoxy) is 1. The molecule has 1 saturated heterocycles. The van der Waals surface area contributed by atoms with Crippen LogP contribution in [0.5, 0.6) is 11.5 Å². The zero-order valence-corrected chi connectivity index (χ0v) is 14.2. The molecule has 1 aromatic carbocycles. The Morgan fingerprint density at radius 1 is 1.30 bits per heavy atom.